The first-order valence-corrected chi connectivity index (χ1v) is 15.3. The Labute approximate surface area is 231 Å². The fourth-order valence-corrected chi connectivity index (χ4v) is 6.58. The highest BCUT2D eigenvalue weighted by Gasteiger charge is 2.32. The zero-order valence-electron chi connectivity index (χ0n) is 22.8. The standard InChI is InChI=1S/C31H39N2O5P/c1-22(2)17-27(30(35)33-29(31(36)32-3)19-25-13-15-28(34)16-14-25)21-39(37,38)20-26-11-9-24(10-12-26)18-23-7-5-4-6-8-23/h4-16,22,27,29,34H,17-21H2,1-3H3,(H,32,36)(H,33,35)(H,37,38)/t27?,29-/m1/s1. The van der Waals surface area contributed by atoms with E-state index >= 15 is 0 Å². The van der Waals surface area contributed by atoms with Crippen LogP contribution in [0.2, 0.25) is 0 Å². The Bertz CT molecular complexity index is 1260. The predicted molar refractivity (Wildman–Crippen MR) is 155 cm³/mol. The highest BCUT2D eigenvalue weighted by molar-refractivity contribution is 7.57. The minimum atomic E-state index is -3.70. The number of nitrogens with one attached hydrogen (secondary N) is 2. The van der Waals surface area contributed by atoms with E-state index < -0.39 is 25.2 Å². The van der Waals surface area contributed by atoms with E-state index in [0.29, 0.717) is 6.42 Å². The van der Waals surface area contributed by atoms with Crippen molar-refractivity contribution in [1.29, 1.82) is 0 Å². The molecule has 0 aliphatic carbocycles. The van der Waals surface area contributed by atoms with Crippen LogP contribution in [0, 0.1) is 11.8 Å². The first-order valence-electron chi connectivity index (χ1n) is 13.3. The number of likely N-dealkylation sites (N-methyl/N-ethyl adjacent to an activating group) is 1. The van der Waals surface area contributed by atoms with Crippen LogP contribution in [-0.4, -0.2) is 41.1 Å². The van der Waals surface area contributed by atoms with E-state index in [4.69, 9.17) is 0 Å². The topological polar surface area (TPSA) is 116 Å². The van der Waals surface area contributed by atoms with Crippen molar-refractivity contribution in [3.8, 4) is 5.75 Å². The summed E-state index contributed by atoms with van der Waals surface area (Å²) in [6.45, 7) is 3.92. The minimum Gasteiger partial charge on any atom is -0.508 e. The van der Waals surface area contributed by atoms with Gasteiger partial charge in [-0.15, -0.1) is 0 Å². The molecule has 0 saturated heterocycles. The summed E-state index contributed by atoms with van der Waals surface area (Å²) in [4.78, 5) is 36.8. The maximum Gasteiger partial charge on any atom is 0.242 e. The molecule has 0 bridgehead atoms. The third-order valence-corrected chi connectivity index (χ3v) is 8.46. The number of hydrogen-bond acceptors (Lipinski definition) is 4. The Kier molecular flexibility index (Phi) is 10.9. The van der Waals surface area contributed by atoms with Crippen LogP contribution >= 0.6 is 7.37 Å². The molecular formula is C31H39N2O5P. The van der Waals surface area contributed by atoms with Gasteiger partial charge in [0.05, 0.1) is 0 Å². The molecule has 3 rings (SSSR count). The summed E-state index contributed by atoms with van der Waals surface area (Å²) in [7, 11) is -2.20. The lowest BCUT2D eigenvalue weighted by Crippen LogP contribution is -2.49. The van der Waals surface area contributed by atoms with Crippen molar-refractivity contribution in [2.45, 2.75) is 45.3 Å². The highest BCUT2D eigenvalue weighted by Crippen LogP contribution is 2.47. The van der Waals surface area contributed by atoms with Gasteiger partial charge < -0.3 is 20.6 Å². The molecule has 0 heterocycles. The zero-order valence-corrected chi connectivity index (χ0v) is 23.7. The van der Waals surface area contributed by atoms with Gasteiger partial charge in [-0.2, -0.15) is 0 Å². The van der Waals surface area contributed by atoms with Crippen LogP contribution in [0.3, 0.4) is 0 Å². The molecule has 39 heavy (non-hydrogen) atoms. The van der Waals surface area contributed by atoms with Crippen LogP contribution < -0.4 is 10.6 Å². The molecule has 0 spiro atoms. The quantitative estimate of drug-likeness (QED) is 0.226. The fraction of sp³-hybridized carbons (Fsp3) is 0.355. The largest absolute Gasteiger partial charge is 0.508 e. The number of benzene rings is 3. The number of rotatable bonds is 13. The van der Waals surface area contributed by atoms with Gasteiger partial charge in [-0.3, -0.25) is 14.2 Å². The average Bonchev–Trinajstić information content (AvgIpc) is 2.89. The molecule has 8 heteroatoms. The molecule has 4 N–H and O–H groups in total. The van der Waals surface area contributed by atoms with Crippen molar-refractivity contribution < 1.29 is 24.2 Å². The molecule has 208 valence electrons. The molecule has 7 nitrogen and oxygen atoms in total. The van der Waals surface area contributed by atoms with Crippen LogP contribution in [-0.2, 0) is 33.2 Å². The van der Waals surface area contributed by atoms with Crippen molar-refractivity contribution in [3.63, 3.8) is 0 Å². The molecular weight excluding hydrogens is 511 g/mol. The Morgan fingerprint density at radius 2 is 1.38 bits per heavy atom. The molecule has 3 aromatic rings. The molecule has 0 aliphatic rings. The van der Waals surface area contributed by atoms with E-state index in [0.717, 1.165) is 23.1 Å². The van der Waals surface area contributed by atoms with E-state index in [2.05, 4.69) is 22.8 Å². The second-order valence-corrected chi connectivity index (χ2v) is 12.9. The predicted octanol–water partition coefficient (Wildman–Crippen LogP) is 4.89. The van der Waals surface area contributed by atoms with Gasteiger partial charge in [0.25, 0.3) is 0 Å². The summed E-state index contributed by atoms with van der Waals surface area (Å²) >= 11 is 0. The molecule has 0 aromatic heterocycles. The van der Waals surface area contributed by atoms with Crippen LogP contribution in [0.25, 0.3) is 0 Å². The summed E-state index contributed by atoms with van der Waals surface area (Å²) in [6.07, 6.45) is 1.25. The normalized spacial score (nSPS) is 14.3. The third kappa shape index (κ3) is 10.0. The highest BCUT2D eigenvalue weighted by atomic mass is 31.2. The molecule has 0 aliphatic heterocycles. The molecule has 2 unspecified atom stereocenters. The first kappa shape index (κ1) is 30.1. The van der Waals surface area contributed by atoms with E-state index in [9.17, 15) is 24.2 Å². The van der Waals surface area contributed by atoms with Crippen LogP contribution in [0.1, 0.15) is 42.5 Å². The maximum absolute atomic E-state index is 13.3. The summed E-state index contributed by atoms with van der Waals surface area (Å²) in [5.74, 6) is -1.26. The summed E-state index contributed by atoms with van der Waals surface area (Å²) in [5, 5.41) is 14.9. The molecule has 0 fully saturated rings. The van der Waals surface area contributed by atoms with E-state index in [1.165, 1.54) is 24.7 Å². The van der Waals surface area contributed by atoms with Crippen molar-refractivity contribution in [3.05, 3.63) is 101 Å². The van der Waals surface area contributed by atoms with Crippen molar-refractivity contribution in [1.82, 2.24) is 10.6 Å². The van der Waals surface area contributed by atoms with Gasteiger partial charge in [-0.25, -0.2) is 0 Å². The van der Waals surface area contributed by atoms with Gasteiger partial charge in [-0.1, -0.05) is 80.6 Å². The number of hydrogen-bond donors (Lipinski definition) is 4. The average molecular weight is 551 g/mol. The Balaban J connectivity index is 1.68. The number of amides is 2. The van der Waals surface area contributed by atoms with Crippen LogP contribution in [0.4, 0.5) is 0 Å². The van der Waals surface area contributed by atoms with Crippen LogP contribution in [0.5, 0.6) is 5.75 Å². The lowest BCUT2D eigenvalue weighted by Gasteiger charge is -2.25. The first-order chi connectivity index (χ1) is 18.5. The minimum absolute atomic E-state index is 0.0210. The van der Waals surface area contributed by atoms with Gasteiger partial charge in [0.1, 0.15) is 11.8 Å². The smallest absolute Gasteiger partial charge is 0.242 e. The van der Waals surface area contributed by atoms with E-state index in [-0.39, 0.29) is 36.3 Å². The molecule has 3 atom stereocenters. The van der Waals surface area contributed by atoms with Crippen molar-refractivity contribution >= 4 is 19.2 Å². The van der Waals surface area contributed by atoms with E-state index in [1.54, 1.807) is 12.1 Å². The van der Waals surface area contributed by atoms with Crippen LogP contribution in [0.15, 0.2) is 78.9 Å². The fourth-order valence-electron chi connectivity index (χ4n) is 4.66. The molecule has 3 aromatic carbocycles. The maximum atomic E-state index is 13.3. The molecule has 0 radical (unpaired) electrons. The molecule has 0 saturated carbocycles. The van der Waals surface area contributed by atoms with Gasteiger partial charge in [0.15, 0.2) is 0 Å². The number of phenols is 1. The molecule has 2 amide bonds. The monoisotopic (exact) mass is 550 g/mol. The Morgan fingerprint density at radius 1 is 0.821 bits per heavy atom. The van der Waals surface area contributed by atoms with Crippen molar-refractivity contribution in [2.75, 3.05) is 13.2 Å². The van der Waals surface area contributed by atoms with E-state index in [1.807, 2.05) is 56.3 Å². The lowest BCUT2D eigenvalue weighted by molar-refractivity contribution is -0.130. The van der Waals surface area contributed by atoms with Crippen molar-refractivity contribution in [2.24, 2.45) is 11.8 Å². The van der Waals surface area contributed by atoms with Gasteiger partial charge in [0.2, 0.25) is 19.2 Å². The Morgan fingerprint density at radius 3 is 1.97 bits per heavy atom. The number of carbonyl (C=O) groups is 2. The number of phenolic OH excluding ortho intramolecular Hbond substituents is 1. The third-order valence-electron chi connectivity index (χ3n) is 6.59. The van der Waals surface area contributed by atoms with Gasteiger partial charge in [-0.05, 0) is 53.1 Å². The summed E-state index contributed by atoms with van der Waals surface area (Å²) in [6, 6.07) is 23.4. The second kappa shape index (κ2) is 14.1. The number of aromatic hydroxyl groups is 1. The summed E-state index contributed by atoms with van der Waals surface area (Å²) in [5.41, 5.74) is 3.83. The Hall–Kier alpha value is -3.41. The SMILES string of the molecule is CNC(=O)[C@@H](Cc1ccc(O)cc1)NC(=O)C(CC(C)C)CP(=O)(O)Cc1ccc(Cc2ccccc2)cc1. The summed E-state index contributed by atoms with van der Waals surface area (Å²) < 4.78 is 13.3. The lowest BCUT2D eigenvalue weighted by atomic mass is 9.97. The van der Waals surface area contributed by atoms with Gasteiger partial charge >= 0.3 is 0 Å². The van der Waals surface area contributed by atoms with Gasteiger partial charge in [0, 0.05) is 31.7 Å². The number of carbonyl (C=O) groups excluding carboxylic acids is 2. The second-order valence-electron chi connectivity index (χ2n) is 10.5. The zero-order chi connectivity index (χ0) is 28.4.